The molecule has 0 heterocycles. The molecule has 0 saturated carbocycles. The molecular weight excluding hydrogens is 339 g/mol. The van der Waals surface area contributed by atoms with Crippen LogP contribution in [0.15, 0.2) is 42.5 Å². The van der Waals surface area contributed by atoms with Crippen molar-refractivity contribution in [3.63, 3.8) is 0 Å². The fraction of sp³-hybridized carbons (Fsp3) is 0.286. The molecule has 0 amide bonds. The molecule has 9 heteroatoms. The average molecular weight is 346 g/mol. The van der Waals surface area contributed by atoms with Crippen molar-refractivity contribution in [2.75, 3.05) is 0 Å². The lowest BCUT2D eigenvalue weighted by Gasteiger charge is -2.33. The van der Waals surface area contributed by atoms with Gasteiger partial charge in [0.1, 0.15) is 0 Å². The molecule has 0 atom stereocenters. The second-order valence-corrected chi connectivity index (χ2v) is 4.78. The summed E-state index contributed by atoms with van der Waals surface area (Å²) in [4.78, 5) is 0. The highest BCUT2D eigenvalue weighted by molar-refractivity contribution is 5.83. The smallest absolute Gasteiger partial charge is 0.194 e. The topological polar surface area (TPSA) is 0 Å². The van der Waals surface area contributed by atoms with Crippen molar-refractivity contribution < 1.29 is 39.5 Å². The van der Waals surface area contributed by atoms with Gasteiger partial charge in [0, 0.05) is 5.56 Å². The van der Waals surface area contributed by atoms with E-state index in [0.717, 1.165) is 6.07 Å². The van der Waals surface area contributed by atoms with Crippen LogP contribution in [0.25, 0.3) is 10.8 Å². The molecule has 0 saturated heterocycles. The van der Waals surface area contributed by atoms with Gasteiger partial charge in [0.05, 0.1) is 0 Å². The Balaban J connectivity index is 2.58. The molecule has 0 fully saturated rings. The van der Waals surface area contributed by atoms with Gasteiger partial charge in [-0.1, -0.05) is 36.4 Å². The van der Waals surface area contributed by atoms with Crippen LogP contribution in [-0.4, -0.2) is 18.0 Å². The van der Waals surface area contributed by atoms with Crippen LogP contribution in [0.3, 0.4) is 0 Å². The summed E-state index contributed by atoms with van der Waals surface area (Å²) in [5.41, 5.74) is -1.63. The first-order valence-corrected chi connectivity index (χ1v) is 6.02. The molecule has 0 aliphatic carbocycles. The van der Waals surface area contributed by atoms with Crippen LogP contribution in [0.2, 0.25) is 0 Å². The van der Waals surface area contributed by atoms with Crippen molar-refractivity contribution in [1.82, 2.24) is 0 Å². The molecule has 23 heavy (non-hydrogen) atoms. The largest absolute Gasteiger partial charge is 0.460 e. The van der Waals surface area contributed by atoms with Gasteiger partial charge in [-0.15, -0.1) is 0 Å². The first kappa shape index (κ1) is 17.4. The summed E-state index contributed by atoms with van der Waals surface area (Å²) in [6.07, 6.45) is -6.82. The Labute approximate surface area is 123 Å². The zero-order valence-corrected chi connectivity index (χ0v) is 10.9. The first-order valence-electron chi connectivity index (χ1n) is 6.02. The van der Waals surface area contributed by atoms with Gasteiger partial charge in [-0.2, -0.15) is 39.5 Å². The van der Waals surface area contributed by atoms with Crippen molar-refractivity contribution in [2.24, 2.45) is 0 Å². The Morgan fingerprint density at radius 1 is 0.565 bits per heavy atom. The molecule has 0 spiro atoms. The lowest BCUT2D eigenvalue weighted by atomic mass is 9.95. The summed E-state index contributed by atoms with van der Waals surface area (Å²) in [6.45, 7) is 0. The van der Waals surface area contributed by atoms with Crippen LogP contribution in [-0.2, 0) is 5.92 Å². The number of rotatable bonds is 3. The summed E-state index contributed by atoms with van der Waals surface area (Å²) in [5.74, 6) is -19.3. The number of hydrogen-bond acceptors (Lipinski definition) is 0. The van der Waals surface area contributed by atoms with E-state index < -0.39 is 29.5 Å². The van der Waals surface area contributed by atoms with Crippen molar-refractivity contribution in [1.29, 1.82) is 0 Å². The minimum atomic E-state index is -6.89. The lowest BCUT2D eigenvalue weighted by Crippen LogP contribution is -2.59. The standard InChI is InChI=1S/C14H7F9/c15-11(16,12(17,18)13(19,20)14(21,22)23)10-6-5-8-3-1-2-4-9(8)7-10/h1-7H. The van der Waals surface area contributed by atoms with E-state index in [-0.39, 0.29) is 5.39 Å². The van der Waals surface area contributed by atoms with Crippen LogP contribution >= 0.6 is 0 Å². The molecule has 0 aliphatic rings. The lowest BCUT2D eigenvalue weighted by molar-refractivity contribution is -0.399. The van der Waals surface area contributed by atoms with Crippen LogP contribution < -0.4 is 0 Å². The van der Waals surface area contributed by atoms with Gasteiger partial charge in [-0.05, 0) is 16.8 Å². The average Bonchev–Trinajstić information content (AvgIpc) is 2.45. The summed E-state index contributed by atoms with van der Waals surface area (Å²) >= 11 is 0. The Kier molecular flexibility index (Phi) is 3.82. The van der Waals surface area contributed by atoms with Gasteiger partial charge in [-0.25, -0.2) is 0 Å². The molecule has 0 nitrogen and oxygen atoms in total. The molecule has 0 unspecified atom stereocenters. The zero-order valence-electron chi connectivity index (χ0n) is 10.9. The number of fused-ring (bicyclic) bond motifs is 1. The number of benzene rings is 2. The van der Waals surface area contributed by atoms with Crippen LogP contribution in [0, 0.1) is 0 Å². The molecule has 2 aromatic rings. The second kappa shape index (κ2) is 5.04. The van der Waals surface area contributed by atoms with Gasteiger partial charge in [0.15, 0.2) is 0 Å². The number of hydrogen-bond donors (Lipinski definition) is 0. The van der Waals surface area contributed by atoms with E-state index in [1.54, 1.807) is 0 Å². The monoisotopic (exact) mass is 346 g/mol. The Morgan fingerprint density at radius 3 is 1.61 bits per heavy atom. The number of alkyl halides is 9. The maximum Gasteiger partial charge on any atom is 0.460 e. The van der Waals surface area contributed by atoms with Crippen LogP contribution in [0.4, 0.5) is 39.5 Å². The summed E-state index contributed by atoms with van der Waals surface area (Å²) in [5, 5.41) is 0.328. The van der Waals surface area contributed by atoms with Gasteiger partial charge < -0.3 is 0 Å². The van der Waals surface area contributed by atoms with E-state index in [4.69, 9.17) is 0 Å². The van der Waals surface area contributed by atoms with E-state index in [1.807, 2.05) is 0 Å². The van der Waals surface area contributed by atoms with E-state index in [1.165, 1.54) is 24.3 Å². The Bertz CT molecular complexity index is 716. The van der Waals surface area contributed by atoms with Gasteiger partial charge in [-0.3, -0.25) is 0 Å². The predicted octanol–water partition coefficient (Wildman–Crippen LogP) is 5.76. The van der Waals surface area contributed by atoms with Crippen molar-refractivity contribution in [3.8, 4) is 0 Å². The van der Waals surface area contributed by atoms with E-state index in [0.29, 0.717) is 17.5 Å². The van der Waals surface area contributed by atoms with Crippen molar-refractivity contribution >= 4 is 10.8 Å². The second-order valence-electron chi connectivity index (χ2n) is 4.78. The summed E-state index contributed by atoms with van der Waals surface area (Å²) in [7, 11) is 0. The highest BCUT2D eigenvalue weighted by atomic mass is 19.4. The van der Waals surface area contributed by atoms with Crippen molar-refractivity contribution in [2.45, 2.75) is 23.9 Å². The van der Waals surface area contributed by atoms with E-state index in [9.17, 15) is 39.5 Å². The van der Waals surface area contributed by atoms with E-state index >= 15 is 0 Å². The molecule has 2 rings (SSSR count). The third kappa shape index (κ3) is 2.51. The van der Waals surface area contributed by atoms with E-state index in [2.05, 4.69) is 0 Å². The molecule has 0 aromatic heterocycles. The quantitative estimate of drug-likeness (QED) is 0.620. The Morgan fingerprint density at radius 2 is 1.09 bits per heavy atom. The third-order valence-corrected chi connectivity index (χ3v) is 3.26. The molecule has 0 radical (unpaired) electrons. The van der Waals surface area contributed by atoms with Gasteiger partial charge in [0.2, 0.25) is 0 Å². The highest BCUT2D eigenvalue weighted by Crippen LogP contribution is 2.56. The maximum absolute atomic E-state index is 13.8. The molecule has 126 valence electrons. The minimum absolute atomic E-state index is 0.00389. The molecule has 0 aliphatic heterocycles. The SMILES string of the molecule is FC(F)(F)C(F)(F)C(F)(F)C(F)(F)c1ccc2ccccc2c1. The zero-order chi connectivity index (χ0) is 17.7. The highest BCUT2D eigenvalue weighted by Gasteiger charge is 2.81. The minimum Gasteiger partial charge on any atom is -0.194 e. The van der Waals surface area contributed by atoms with Crippen molar-refractivity contribution in [3.05, 3.63) is 48.0 Å². The fourth-order valence-corrected chi connectivity index (χ4v) is 1.94. The van der Waals surface area contributed by atoms with Crippen LogP contribution in [0.1, 0.15) is 5.56 Å². The fourth-order valence-electron chi connectivity index (χ4n) is 1.94. The molecule has 0 N–H and O–H groups in total. The first-order chi connectivity index (χ1) is 10.3. The summed E-state index contributed by atoms with van der Waals surface area (Å²) in [6, 6.07) is 7.31. The number of halogens is 9. The summed E-state index contributed by atoms with van der Waals surface area (Å²) < 4.78 is 116. The maximum atomic E-state index is 13.8. The molecular formula is C14H7F9. The van der Waals surface area contributed by atoms with Gasteiger partial charge >= 0.3 is 23.9 Å². The third-order valence-electron chi connectivity index (χ3n) is 3.26. The Hall–Kier alpha value is -1.93. The molecule has 0 bridgehead atoms. The van der Waals surface area contributed by atoms with Gasteiger partial charge in [0.25, 0.3) is 0 Å². The predicted molar refractivity (Wildman–Crippen MR) is 63.8 cm³/mol. The normalized spacial score (nSPS) is 14.3. The van der Waals surface area contributed by atoms with Crippen LogP contribution in [0.5, 0.6) is 0 Å². The molecule has 2 aromatic carbocycles.